The maximum Gasteiger partial charge on any atom is 0.254 e. The van der Waals surface area contributed by atoms with Gasteiger partial charge < -0.3 is 15.5 Å². The van der Waals surface area contributed by atoms with Gasteiger partial charge in [-0.15, -0.1) is 24.8 Å². The summed E-state index contributed by atoms with van der Waals surface area (Å²) in [6.45, 7) is 4.94. The zero-order valence-corrected chi connectivity index (χ0v) is 18.9. The second kappa shape index (κ2) is 10.9. The Hall–Kier alpha value is -1.89. The molecule has 0 bridgehead atoms. The smallest absolute Gasteiger partial charge is 0.254 e. The molecular weight excluding hydrogens is 423 g/mol. The van der Waals surface area contributed by atoms with Crippen molar-refractivity contribution in [3.63, 3.8) is 0 Å². The Bertz CT molecular complexity index is 887. The van der Waals surface area contributed by atoms with Crippen molar-refractivity contribution >= 4 is 47.5 Å². The van der Waals surface area contributed by atoms with Crippen LogP contribution in [0.2, 0.25) is 0 Å². The molecule has 2 fully saturated rings. The fraction of sp³-hybridized carbons (Fsp3) is 0.500. The Labute approximate surface area is 190 Å². The summed E-state index contributed by atoms with van der Waals surface area (Å²) in [7, 11) is 0. The van der Waals surface area contributed by atoms with Crippen LogP contribution >= 0.6 is 24.8 Å². The molecule has 2 saturated heterocycles. The number of hydrogen-bond donors (Lipinski definition) is 2. The van der Waals surface area contributed by atoms with Crippen LogP contribution in [-0.2, 0) is 4.79 Å². The average molecular weight is 453 g/mol. The highest BCUT2D eigenvalue weighted by Gasteiger charge is 2.27. The van der Waals surface area contributed by atoms with Crippen LogP contribution in [0, 0.1) is 12.8 Å². The predicted octanol–water partition coefficient (Wildman–Crippen LogP) is 3.11. The summed E-state index contributed by atoms with van der Waals surface area (Å²) in [5, 5.41) is 7.22. The van der Waals surface area contributed by atoms with Gasteiger partial charge in [0.1, 0.15) is 0 Å². The monoisotopic (exact) mass is 452 g/mol. The summed E-state index contributed by atoms with van der Waals surface area (Å²) >= 11 is 0. The molecule has 6 nitrogen and oxygen atoms in total. The number of nitrogens with one attached hydrogen (secondary N) is 2. The number of aryl methyl sites for hydroxylation is 1. The van der Waals surface area contributed by atoms with E-state index in [1.54, 1.807) is 0 Å². The van der Waals surface area contributed by atoms with E-state index in [1.807, 2.05) is 42.2 Å². The minimum absolute atomic E-state index is 0. The SMILES string of the molecule is Cc1cc(C(=O)N2CCCC(CNC(=O)C3CCCN3)C2)c2ccccc2n1.Cl.Cl. The number of para-hydroxylation sites is 1. The Kier molecular flexibility index (Phi) is 8.89. The van der Waals surface area contributed by atoms with Gasteiger partial charge in [-0.2, -0.15) is 0 Å². The molecule has 2 N–H and O–H groups in total. The molecule has 2 atom stereocenters. The average Bonchev–Trinajstić information content (AvgIpc) is 3.26. The topological polar surface area (TPSA) is 74.3 Å². The molecule has 2 aromatic rings. The van der Waals surface area contributed by atoms with Crippen molar-refractivity contribution in [1.29, 1.82) is 0 Å². The van der Waals surface area contributed by atoms with Crippen molar-refractivity contribution in [3.8, 4) is 0 Å². The normalized spacial score (nSPS) is 20.9. The molecule has 164 valence electrons. The summed E-state index contributed by atoms with van der Waals surface area (Å²) in [6.07, 6.45) is 3.98. The third-order valence-corrected chi connectivity index (χ3v) is 5.82. The number of hydrogen-bond acceptors (Lipinski definition) is 4. The largest absolute Gasteiger partial charge is 0.354 e. The number of piperidine rings is 1. The van der Waals surface area contributed by atoms with Crippen molar-refractivity contribution < 1.29 is 9.59 Å². The van der Waals surface area contributed by atoms with Gasteiger partial charge in [-0.25, -0.2) is 0 Å². The molecule has 3 heterocycles. The van der Waals surface area contributed by atoms with E-state index in [0.717, 1.165) is 60.9 Å². The molecule has 2 unspecified atom stereocenters. The molecule has 0 spiro atoms. The quantitative estimate of drug-likeness (QED) is 0.746. The standard InChI is InChI=1S/C22H28N4O2.2ClH/c1-15-12-18(17-7-2-3-8-19(17)25-15)22(28)26-11-5-6-16(14-26)13-24-21(27)20-9-4-10-23-20;;/h2-3,7-8,12,16,20,23H,4-6,9-11,13-14H2,1H3,(H,24,27);2*1H. The van der Waals surface area contributed by atoms with Crippen LogP contribution in [0.1, 0.15) is 41.7 Å². The molecule has 1 aromatic heterocycles. The summed E-state index contributed by atoms with van der Waals surface area (Å²) in [6, 6.07) is 9.65. The van der Waals surface area contributed by atoms with Crippen molar-refractivity contribution in [1.82, 2.24) is 20.5 Å². The van der Waals surface area contributed by atoms with E-state index in [4.69, 9.17) is 0 Å². The fourth-order valence-corrected chi connectivity index (χ4v) is 4.35. The minimum atomic E-state index is -0.0486. The van der Waals surface area contributed by atoms with Crippen LogP contribution in [0.15, 0.2) is 30.3 Å². The van der Waals surface area contributed by atoms with Crippen molar-refractivity contribution in [2.24, 2.45) is 5.92 Å². The van der Waals surface area contributed by atoms with Crippen molar-refractivity contribution in [3.05, 3.63) is 41.6 Å². The van der Waals surface area contributed by atoms with E-state index < -0.39 is 0 Å². The van der Waals surface area contributed by atoms with E-state index in [9.17, 15) is 9.59 Å². The van der Waals surface area contributed by atoms with E-state index in [2.05, 4.69) is 15.6 Å². The van der Waals surface area contributed by atoms with Crippen LogP contribution in [0.5, 0.6) is 0 Å². The van der Waals surface area contributed by atoms with Gasteiger partial charge in [-0.3, -0.25) is 14.6 Å². The fourth-order valence-electron chi connectivity index (χ4n) is 4.35. The first-order chi connectivity index (χ1) is 13.6. The minimum Gasteiger partial charge on any atom is -0.354 e. The second-order valence-corrected chi connectivity index (χ2v) is 7.98. The lowest BCUT2D eigenvalue weighted by molar-refractivity contribution is -0.123. The van der Waals surface area contributed by atoms with Crippen LogP contribution < -0.4 is 10.6 Å². The maximum absolute atomic E-state index is 13.3. The van der Waals surface area contributed by atoms with Crippen LogP contribution in [-0.4, -0.2) is 53.9 Å². The molecule has 8 heteroatoms. The second-order valence-electron chi connectivity index (χ2n) is 7.98. The number of aromatic nitrogens is 1. The van der Waals surface area contributed by atoms with Gasteiger partial charge >= 0.3 is 0 Å². The molecule has 0 aliphatic carbocycles. The summed E-state index contributed by atoms with van der Waals surface area (Å²) in [5.74, 6) is 0.462. The highest BCUT2D eigenvalue weighted by atomic mass is 35.5. The third-order valence-electron chi connectivity index (χ3n) is 5.82. The number of carbonyl (C=O) groups is 2. The van der Waals surface area contributed by atoms with Gasteiger partial charge in [0.05, 0.1) is 17.1 Å². The van der Waals surface area contributed by atoms with Crippen LogP contribution in [0.25, 0.3) is 10.9 Å². The van der Waals surface area contributed by atoms with E-state index in [1.165, 1.54) is 0 Å². The van der Waals surface area contributed by atoms with Gasteiger partial charge in [0, 0.05) is 30.7 Å². The molecule has 0 radical (unpaired) electrons. The molecule has 30 heavy (non-hydrogen) atoms. The molecular formula is C22H30Cl2N4O2. The number of likely N-dealkylation sites (tertiary alicyclic amines) is 1. The number of halogens is 2. The number of rotatable bonds is 4. The molecule has 2 amide bonds. The highest BCUT2D eigenvalue weighted by molar-refractivity contribution is 6.06. The molecule has 1 aromatic carbocycles. The lowest BCUT2D eigenvalue weighted by Gasteiger charge is -2.33. The lowest BCUT2D eigenvalue weighted by atomic mass is 9.96. The molecule has 4 rings (SSSR count). The van der Waals surface area contributed by atoms with Crippen LogP contribution in [0.4, 0.5) is 0 Å². The highest BCUT2D eigenvalue weighted by Crippen LogP contribution is 2.23. The van der Waals surface area contributed by atoms with E-state index >= 15 is 0 Å². The van der Waals surface area contributed by atoms with Gasteiger partial charge in [0.15, 0.2) is 0 Å². The lowest BCUT2D eigenvalue weighted by Crippen LogP contribution is -2.46. The Balaban J connectivity index is 0.00000160. The zero-order chi connectivity index (χ0) is 19.5. The van der Waals surface area contributed by atoms with Gasteiger partial charge in [0.2, 0.25) is 5.91 Å². The number of nitrogens with zero attached hydrogens (tertiary/aromatic N) is 2. The first-order valence-corrected chi connectivity index (χ1v) is 10.3. The summed E-state index contributed by atoms with van der Waals surface area (Å²) in [4.78, 5) is 32.0. The summed E-state index contributed by atoms with van der Waals surface area (Å²) in [5.41, 5.74) is 2.44. The number of fused-ring (bicyclic) bond motifs is 1. The Morgan fingerprint density at radius 3 is 2.77 bits per heavy atom. The third kappa shape index (κ3) is 5.42. The first kappa shape index (κ1) is 24.4. The van der Waals surface area contributed by atoms with Crippen LogP contribution in [0.3, 0.4) is 0 Å². The van der Waals surface area contributed by atoms with Gasteiger partial charge in [-0.05, 0) is 57.2 Å². The predicted molar refractivity (Wildman–Crippen MR) is 124 cm³/mol. The number of pyridine rings is 1. The molecule has 0 saturated carbocycles. The molecule has 2 aliphatic rings. The van der Waals surface area contributed by atoms with Gasteiger partial charge in [-0.1, -0.05) is 18.2 Å². The van der Waals surface area contributed by atoms with Gasteiger partial charge in [0.25, 0.3) is 5.91 Å². The summed E-state index contributed by atoms with van der Waals surface area (Å²) < 4.78 is 0. The maximum atomic E-state index is 13.3. The Morgan fingerprint density at radius 1 is 1.20 bits per heavy atom. The number of benzene rings is 1. The first-order valence-electron chi connectivity index (χ1n) is 10.3. The van der Waals surface area contributed by atoms with E-state index in [-0.39, 0.29) is 42.7 Å². The molecule has 2 aliphatic heterocycles. The zero-order valence-electron chi connectivity index (χ0n) is 17.2. The van der Waals surface area contributed by atoms with Crippen molar-refractivity contribution in [2.45, 2.75) is 38.6 Å². The number of amides is 2. The number of carbonyl (C=O) groups excluding carboxylic acids is 2. The van der Waals surface area contributed by atoms with E-state index in [0.29, 0.717) is 19.0 Å². The van der Waals surface area contributed by atoms with Crippen molar-refractivity contribution in [2.75, 3.05) is 26.2 Å². The Morgan fingerprint density at radius 2 is 2.00 bits per heavy atom.